The lowest BCUT2D eigenvalue weighted by Gasteiger charge is -2.28. The van der Waals surface area contributed by atoms with Crippen LogP contribution in [0, 0.1) is 0 Å². The summed E-state index contributed by atoms with van der Waals surface area (Å²) >= 11 is 6.03. The first-order valence-electron chi connectivity index (χ1n) is 7.24. The molecule has 0 radical (unpaired) electrons. The summed E-state index contributed by atoms with van der Waals surface area (Å²) in [5, 5.41) is 0.641. The summed E-state index contributed by atoms with van der Waals surface area (Å²) in [5.41, 5.74) is 2.31. The maximum absolute atomic E-state index is 11.8. The Bertz CT molecular complexity index is 1030. The van der Waals surface area contributed by atoms with Crippen LogP contribution >= 0.6 is 11.6 Å². The molecule has 0 saturated heterocycles. The van der Waals surface area contributed by atoms with Gasteiger partial charge in [-0.05, 0) is 24.6 Å². The minimum Gasteiger partial charge on any atom is -0.336 e. The van der Waals surface area contributed by atoms with Gasteiger partial charge in [0.15, 0.2) is 0 Å². The molecule has 0 aliphatic carbocycles. The number of imidazole rings is 1. The Morgan fingerprint density at radius 1 is 1.26 bits per heavy atom. The van der Waals surface area contributed by atoms with Crippen molar-refractivity contribution in [1.82, 2.24) is 19.5 Å². The van der Waals surface area contributed by atoms with E-state index in [0.29, 0.717) is 35.8 Å². The summed E-state index contributed by atoms with van der Waals surface area (Å²) in [5.74, 6) is 0.786. The van der Waals surface area contributed by atoms with Gasteiger partial charge in [-0.15, -0.1) is 0 Å². The van der Waals surface area contributed by atoms with Crippen molar-refractivity contribution in [3.8, 4) is 0 Å². The van der Waals surface area contributed by atoms with E-state index in [4.69, 9.17) is 11.6 Å². The maximum Gasteiger partial charge on any atom is 0.325 e. The average Bonchev–Trinajstić information content (AvgIpc) is 2.82. The van der Waals surface area contributed by atoms with Gasteiger partial charge in [0.25, 0.3) is 5.56 Å². The molecule has 1 aromatic carbocycles. The van der Waals surface area contributed by atoms with E-state index in [9.17, 15) is 9.59 Å². The summed E-state index contributed by atoms with van der Waals surface area (Å²) in [6.07, 6.45) is 0.561. The normalized spacial score (nSPS) is 14.3. The van der Waals surface area contributed by atoms with Gasteiger partial charge in [0.1, 0.15) is 0 Å². The molecule has 3 aromatic rings. The second-order valence-corrected chi connectivity index (χ2v) is 6.08. The molecule has 23 heavy (non-hydrogen) atoms. The van der Waals surface area contributed by atoms with Crippen LogP contribution in [0.1, 0.15) is 11.3 Å². The Balaban J connectivity index is 1.79. The van der Waals surface area contributed by atoms with Crippen molar-refractivity contribution < 1.29 is 0 Å². The molecule has 0 saturated carbocycles. The lowest BCUT2D eigenvalue weighted by molar-refractivity contribution is 0.661. The quantitative estimate of drug-likeness (QED) is 0.700. The average molecular weight is 332 g/mol. The van der Waals surface area contributed by atoms with E-state index in [1.807, 2.05) is 34.7 Å². The first kappa shape index (κ1) is 14.1. The Labute approximate surface area is 135 Å². The summed E-state index contributed by atoms with van der Waals surface area (Å²) in [6, 6.07) is 5.58. The first-order chi connectivity index (χ1) is 11.0. The highest BCUT2D eigenvalue weighted by Crippen LogP contribution is 2.26. The molecule has 3 heterocycles. The second-order valence-electron chi connectivity index (χ2n) is 5.64. The second kappa shape index (κ2) is 4.99. The predicted molar refractivity (Wildman–Crippen MR) is 88.2 cm³/mol. The highest BCUT2D eigenvalue weighted by Gasteiger charge is 2.23. The van der Waals surface area contributed by atoms with Crippen LogP contribution in [0.2, 0.25) is 5.02 Å². The molecule has 7 nitrogen and oxygen atoms in total. The number of aryl methyl sites for hydroxylation is 1. The number of fused-ring (bicyclic) bond motifs is 2. The van der Waals surface area contributed by atoms with Gasteiger partial charge < -0.3 is 14.5 Å². The molecule has 118 valence electrons. The topological polar surface area (TPSA) is 86.8 Å². The van der Waals surface area contributed by atoms with Gasteiger partial charge in [0.2, 0.25) is 5.95 Å². The molecule has 8 heteroatoms. The number of anilines is 1. The van der Waals surface area contributed by atoms with Crippen molar-refractivity contribution in [2.24, 2.45) is 7.05 Å². The fourth-order valence-electron chi connectivity index (χ4n) is 3.09. The molecule has 0 atom stereocenters. The summed E-state index contributed by atoms with van der Waals surface area (Å²) < 4.78 is 1.99. The number of halogens is 1. The number of hydrogen-bond donors (Lipinski definition) is 2. The Morgan fingerprint density at radius 2 is 2.09 bits per heavy atom. The zero-order chi connectivity index (χ0) is 16.1. The number of hydrogen-bond acceptors (Lipinski definition) is 4. The lowest BCUT2D eigenvalue weighted by atomic mass is 10.1. The lowest BCUT2D eigenvalue weighted by Crippen LogP contribution is -2.39. The van der Waals surface area contributed by atoms with E-state index in [-0.39, 0.29) is 5.56 Å². The number of nitrogens with one attached hydrogen (secondary N) is 2. The van der Waals surface area contributed by atoms with Crippen LogP contribution in [-0.4, -0.2) is 26.1 Å². The third-order valence-corrected chi connectivity index (χ3v) is 4.45. The third kappa shape index (κ3) is 2.24. The molecule has 0 unspecified atom stereocenters. The van der Waals surface area contributed by atoms with E-state index >= 15 is 0 Å². The number of aromatic amines is 2. The minimum atomic E-state index is -0.479. The molecule has 0 fully saturated rings. The molecule has 1 aliphatic rings. The van der Waals surface area contributed by atoms with Gasteiger partial charge in [0.05, 0.1) is 17.6 Å². The molecule has 0 amide bonds. The smallest absolute Gasteiger partial charge is 0.325 e. The van der Waals surface area contributed by atoms with Gasteiger partial charge in [-0.3, -0.25) is 9.78 Å². The molecular weight excluding hydrogens is 318 g/mol. The van der Waals surface area contributed by atoms with Crippen LogP contribution in [0.15, 0.2) is 27.8 Å². The van der Waals surface area contributed by atoms with Crippen molar-refractivity contribution in [3.63, 3.8) is 0 Å². The molecule has 1 aliphatic heterocycles. The molecular formula is C15H14ClN5O2. The van der Waals surface area contributed by atoms with E-state index < -0.39 is 5.69 Å². The van der Waals surface area contributed by atoms with Crippen LogP contribution < -0.4 is 16.1 Å². The van der Waals surface area contributed by atoms with E-state index in [1.54, 1.807) is 0 Å². The number of rotatable bonds is 1. The van der Waals surface area contributed by atoms with Crippen molar-refractivity contribution in [1.29, 1.82) is 0 Å². The van der Waals surface area contributed by atoms with Crippen LogP contribution in [0.4, 0.5) is 5.95 Å². The predicted octanol–water partition coefficient (Wildman–Crippen LogP) is 1.17. The molecule has 2 aromatic heterocycles. The highest BCUT2D eigenvalue weighted by molar-refractivity contribution is 6.31. The number of nitrogens with zero attached hydrogens (tertiary/aromatic N) is 3. The number of aromatic nitrogens is 4. The zero-order valence-electron chi connectivity index (χ0n) is 12.4. The Kier molecular flexibility index (Phi) is 3.05. The third-order valence-electron chi connectivity index (χ3n) is 4.21. The van der Waals surface area contributed by atoms with Crippen LogP contribution in [0.5, 0.6) is 0 Å². The Hall–Kier alpha value is -2.54. The largest absolute Gasteiger partial charge is 0.336 e. The van der Waals surface area contributed by atoms with Gasteiger partial charge >= 0.3 is 5.69 Å². The SMILES string of the molecule is Cn1c(N2CCc3c([nH]c(=O)[nH]c3=O)C2)nc2cc(Cl)ccc21. The van der Waals surface area contributed by atoms with Crippen molar-refractivity contribution in [3.05, 3.63) is 55.3 Å². The molecule has 0 bridgehead atoms. The molecule has 2 N–H and O–H groups in total. The van der Waals surface area contributed by atoms with Crippen molar-refractivity contribution in [2.75, 3.05) is 11.4 Å². The van der Waals surface area contributed by atoms with Gasteiger partial charge in [-0.1, -0.05) is 11.6 Å². The van der Waals surface area contributed by atoms with Crippen molar-refractivity contribution in [2.45, 2.75) is 13.0 Å². The van der Waals surface area contributed by atoms with Crippen LogP contribution in [0.25, 0.3) is 11.0 Å². The fourth-order valence-corrected chi connectivity index (χ4v) is 3.26. The summed E-state index contributed by atoms with van der Waals surface area (Å²) in [4.78, 5) is 35.0. The summed E-state index contributed by atoms with van der Waals surface area (Å²) in [7, 11) is 1.94. The van der Waals surface area contributed by atoms with E-state index in [1.165, 1.54) is 0 Å². The highest BCUT2D eigenvalue weighted by atomic mass is 35.5. The zero-order valence-corrected chi connectivity index (χ0v) is 13.1. The summed E-state index contributed by atoms with van der Waals surface area (Å²) in [6.45, 7) is 1.10. The van der Waals surface area contributed by atoms with Gasteiger partial charge in [-0.25, -0.2) is 9.78 Å². The van der Waals surface area contributed by atoms with Crippen molar-refractivity contribution >= 4 is 28.6 Å². The fraction of sp³-hybridized carbons (Fsp3) is 0.267. The van der Waals surface area contributed by atoms with E-state index in [2.05, 4.69) is 15.0 Å². The van der Waals surface area contributed by atoms with Gasteiger partial charge in [-0.2, -0.15) is 0 Å². The van der Waals surface area contributed by atoms with Crippen LogP contribution in [0.3, 0.4) is 0 Å². The number of benzene rings is 1. The standard InChI is InChI=1S/C15H14ClN5O2/c1-20-12-3-2-8(16)6-10(12)18-15(20)21-5-4-9-11(7-21)17-14(23)19-13(9)22/h2-3,6H,4-5,7H2,1H3,(H2,17,19,22,23). The molecule has 0 spiro atoms. The maximum atomic E-state index is 11.8. The van der Waals surface area contributed by atoms with Crippen LogP contribution in [-0.2, 0) is 20.0 Å². The number of H-pyrrole nitrogens is 2. The monoisotopic (exact) mass is 331 g/mol. The molecule has 4 rings (SSSR count). The Morgan fingerprint density at radius 3 is 2.91 bits per heavy atom. The minimum absolute atomic E-state index is 0.305. The first-order valence-corrected chi connectivity index (χ1v) is 7.62. The van der Waals surface area contributed by atoms with E-state index in [0.717, 1.165) is 17.0 Å². The van der Waals surface area contributed by atoms with Gasteiger partial charge in [0, 0.05) is 29.9 Å².